The first-order valence-corrected chi connectivity index (χ1v) is 8.85. The number of amides is 2. The first-order valence-electron chi connectivity index (χ1n) is 7.80. The molecule has 3 rings (SSSR count). The molecule has 0 aromatic rings. The maximum atomic E-state index is 12.4. The molecule has 0 aromatic carbocycles. The number of β-lactam (4-membered cyclic amide) rings is 1. The van der Waals surface area contributed by atoms with Crippen LogP contribution in [0, 0.1) is 5.92 Å². The average Bonchev–Trinajstić information content (AvgIpc) is 2.64. The zero-order valence-electron chi connectivity index (χ0n) is 14.5. The van der Waals surface area contributed by atoms with E-state index >= 15 is 0 Å². The van der Waals surface area contributed by atoms with E-state index in [1.165, 1.54) is 18.9 Å². The van der Waals surface area contributed by atoms with Crippen molar-refractivity contribution in [2.45, 2.75) is 23.9 Å². The van der Waals surface area contributed by atoms with Gasteiger partial charge >= 0.3 is 5.97 Å². The smallest absolute Gasteiger partial charge is 0.356 e. The summed E-state index contributed by atoms with van der Waals surface area (Å²) in [6.45, 7) is 0. The Morgan fingerprint density at radius 3 is 2.56 bits per heavy atom. The Balaban J connectivity index is 0.00000182. The average molecular weight is 401 g/mol. The number of fused-ring (bicyclic) bond motifs is 1. The molecule has 10 nitrogen and oxygen atoms in total. The third-order valence-electron chi connectivity index (χ3n) is 4.39. The third kappa shape index (κ3) is 4.00. The number of nitrogens with one attached hydrogen (secondary N) is 1. The van der Waals surface area contributed by atoms with Crippen LogP contribution < -0.4 is 11.1 Å². The zero-order chi connectivity index (χ0) is 18.1. The van der Waals surface area contributed by atoms with Gasteiger partial charge in [-0.2, -0.15) is 0 Å². The molecule has 27 heavy (non-hydrogen) atoms. The molecule has 0 saturated carbocycles. The van der Waals surface area contributed by atoms with Gasteiger partial charge in [0.05, 0.1) is 18.9 Å². The Morgan fingerprint density at radius 1 is 1.37 bits per heavy atom. The molecular weight excluding hydrogens is 378 g/mol. The summed E-state index contributed by atoms with van der Waals surface area (Å²) in [6.07, 6.45) is 8.41. The molecule has 3 atom stereocenters. The monoisotopic (exact) mass is 401 g/mol. The molecule has 150 valence electrons. The van der Waals surface area contributed by atoms with Gasteiger partial charge in [0.2, 0.25) is 5.91 Å². The molecule has 1 fully saturated rings. The van der Waals surface area contributed by atoms with Crippen LogP contribution in [0.5, 0.6) is 0 Å². The number of aliphatic carboxylic acids is 1. The van der Waals surface area contributed by atoms with Gasteiger partial charge in [-0.3, -0.25) is 14.5 Å². The molecule has 3 aliphatic rings. The van der Waals surface area contributed by atoms with E-state index in [0.717, 1.165) is 11.3 Å². The molecule has 2 amide bonds. The van der Waals surface area contributed by atoms with Gasteiger partial charge in [-0.25, -0.2) is 4.79 Å². The Labute approximate surface area is 159 Å². The summed E-state index contributed by atoms with van der Waals surface area (Å²) in [4.78, 5) is 37.3. The van der Waals surface area contributed by atoms with Gasteiger partial charge in [0.15, 0.2) is 5.70 Å². The van der Waals surface area contributed by atoms with Crippen LogP contribution in [0.25, 0.3) is 0 Å². The largest absolute Gasteiger partial charge is 0.498 e. The van der Waals surface area contributed by atoms with Crippen LogP contribution >= 0.6 is 11.8 Å². The molecule has 2 aliphatic heterocycles. The van der Waals surface area contributed by atoms with Gasteiger partial charge in [0.25, 0.3) is 5.91 Å². The molecule has 0 unspecified atom stereocenters. The number of carboxylic acid groups (broad SMARTS) is 1. The highest BCUT2D eigenvalue weighted by atomic mass is 32.2. The number of nitrogens with two attached hydrogens (primary N) is 1. The van der Waals surface area contributed by atoms with Gasteiger partial charge in [0.1, 0.15) is 17.2 Å². The van der Waals surface area contributed by atoms with Crippen molar-refractivity contribution in [1.29, 1.82) is 0 Å². The second-order valence-corrected chi connectivity index (χ2v) is 6.98. The number of rotatable bonds is 5. The highest BCUT2D eigenvalue weighted by Gasteiger charge is 2.55. The van der Waals surface area contributed by atoms with Gasteiger partial charge < -0.3 is 31.8 Å². The first-order chi connectivity index (χ1) is 12.0. The first kappa shape index (κ1) is 22.7. The number of hydrogen-bond acceptors (Lipinski definition) is 6. The van der Waals surface area contributed by atoms with Gasteiger partial charge in [-0.15, -0.1) is 11.8 Å². The molecule has 0 spiro atoms. The lowest BCUT2D eigenvalue weighted by Gasteiger charge is -2.49. The summed E-state index contributed by atoms with van der Waals surface area (Å²) in [5.41, 5.74) is 5.82. The molecule has 0 bridgehead atoms. The minimum atomic E-state index is -1.23. The van der Waals surface area contributed by atoms with E-state index in [4.69, 9.17) is 10.5 Å². The number of ether oxygens (including phenoxy) is 1. The molecule has 0 radical (unpaired) electrons. The molecule has 1 aliphatic carbocycles. The number of carboxylic acids is 1. The number of carbonyl (C=O) groups is 3. The molecular formula is C16H23N3O7S. The fourth-order valence-electron chi connectivity index (χ4n) is 3.02. The van der Waals surface area contributed by atoms with E-state index < -0.39 is 35.2 Å². The van der Waals surface area contributed by atoms with Crippen molar-refractivity contribution in [1.82, 2.24) is 10.2 Å². The summed E-state index contributed by atoms with van der Waals surface area (Å²) >= 11 is 1.34. The fraction of sp³-hybridized carbons (Fsp3) is 0.438. The molecule has 1 saturated heterocycles. The number of hydrogen-bond donors (Lipinski definition) is 3. The van der Waals surface area contributed by atoms with Crippen molar-refractivity contribution >= 4 is 29.5 Å². The van der Waals surface area contributed by atoms with E-state index in [2.05, 4.69) is 5.32 Å². The topological polar surface area (TPSA) is 185 Å². The maximum Gasteiger partial charge on any atom is 0.356 e. The van der Waals surface area contributed by atoms with Crippen molar-refractivity contribution in [2.24, 2.45) is 11.7 Å². The Morgan fingerprint density at radius 2 is 2.00 bits per heavy atom. The zero-order valence-corrected chi connectivity index (χ0v) is 15.4. The normalized spacial score (nSPS) is 24.8. The fourth-order valence-corrected chi connectivity index (χ4v) is 4.34. The lowest BCUT2D eigenvalue weighted by atomic mass is 9.94. The second kappa shape index (κ2) is 9.04. The van der Waals surface area contributed by atoms with Crippen molar-refractivity contribution in [2.75, 3.05) is 12.9 Å². The van der Waals surface area contributed by atoms with Crippen LogP contribution in [0.4, 0.5) is 0 Å². The van der Waals surface area contributed by atoms with Gasteiger partial charge in [0, 0.05) is 5.92 Å². The van der Waals surface area contributed by atoms with Crippen LogP contribution in [-0.2, 0) is 19.1 Å². The van der Waals surface area contributed by atoms with Crippen molar-refractivity contribution in [3.63, 3.8) is 0 Å². The Hall–Kier alpha value is -2.34. The van der Waals surface area contributed by atoms with Crippen LogP contribution in [0.15, 0.2) is 35.8 Å². The summed E-state index contributed by atoms with van der Waals surface area (Å²) in [5, 5.41) is 11.5. The van der Waals surface area contributed by atoms with Gasteiger partial charge in [-0.1, -0.05) is 24.3 Å². The van der Waals surface area contributed by atoms with E-state index in [0.29, 0.717) is 5.75 Å². The predicted molar refractivity (Wildman–Crippen MR) is 98.3 cm³/mol. The summed E-state index contributed by atoms with van der Waals surface area (Å²) < 4.78 is 5.06. The standard InChI is InChI=1S/C16H19N3O5S.2H2O/c1-24-9-7-25-15-11(14(21)19(15)12(9)16(22)23)18-13(20)10(17)8-5-3-2-4-6-8;;/h3-6,8,10-11,15H,2,7,17H2,1H3,(H,18,20)(H,22,23);2*1H2/t10-,11-,15-;;/m1../s1. The quantitative estimate of drug-likeness (QED) is 0.356. The van der Waals surface area contributed by atoms with Crippen LogP contribution in [-0.4, -0.2) is 69.1 Å². The predicted octanol–water partition coefficient (Wildman–Crippen LogP) is -1.86. The lowest BCUT2D eigenvalue weighted by molar-refractivity contribution is -0.151. The van der Waals surface area contributed by atoms with Crippen molar-refractivity contribution in [3.8, 4) is 0 Å². The number of allylic oxidation sites excluding steroid dienone is 2. The second-order valence-electron chi connectivity index (χ2n) is 5.87. The SMILES string of the molecule is COC1=C(C(=O)O)N2C(=O)[C@@H](NC(=O)[C@H](N)C3C=CCC=C3)[C@H]2SC1.O.O. The number of nitrogens with zero attached hydrogens (tertiary/aromatic N) is 1. The van der Waals surface area contributed by atoms with E-state index in [-0.39, 0.29) is 28.3 Å². The van der Waals surface area contributed by atoms with Crippen molar-refractivity contribution in [3.05, 3.63) is 35.8 Å². The summed E-state index contributed by atoms with van der Waals surface area (Å²) in [5.74, 6) is -1.79. The maximum absolute atomic E-state index is 12.4. The number of carbonyl (C=O) groups excluding carboxylic acids is 2. The van der Waals surface area contributed by atoms with Gasteiger partial charge in [-0.05, 0) is 6.42 Å². The number of thioether (sulfide) groups is 1. The molecule has 11 heteroatoms. The summed E-state index contributed by atoms with van der Waals surface area (Å²) in [6, 6.07) is -1.58. The third-order valence-corrected chi connectivity index (χ3v) is 5.64. The Kier molecular flexibility index (Phi) is 7.60. The minimum absolute atomic E-state index is 0. The van der Waals surface area contributed by atoms with Crippen LogP contribution in [0.2, 0.25) is 0 Å². The molecule has 0 aromatic heterocycles. The van der Waals surface area contributed by atoms with E-state index in [9.17, 15) is 19.5 Å². The summed E-state index contributed by atoms with van der Waals surface area (Å²) in [7, 11) is 1.37. The Bertz CT molecular complexity index is 694. The van der Waals surface area contributed by atoms with E-state index in [1.54, 1.807) is 0 Å². The number of methoxy groups -OCH3 is 1. The van der Waals surface area contributed by atoms with E-state index in [1.807, 2.05) is 24.3 Å². The highest BCUT2D eigenvalue weighted by Crippen LogP contribution is 2.40. The minimum Gasteiger partial charge on any atom is -0.498 e. The van der Waals surface area contributed by atoms with Crippen LogP contribution in [0.1, 0.15) is 6.42 Å². The van der Waals surface area contributed by atoms with Crippen LogP contribution in [0.3, 0.4) is 0 Å². The highest BCUT2D eigenvalue weighted by molar-refractivity contribution is 8.00. The molecule has 8 N–H and O–H groups in total. The molecule has 2 heterocycles. The van der Waals surface area contributed by atoms with Crippen molar-refractivity contribution < 1.29 is 35.2 Å². The lowest BCUT2D eigenvalue weighted by Crippen LogP contribution is -2.71.